The summed E-state index contributed by atoms with van der Waals surface area (Å²) in [7, 11) is 0. The van der Waals surface area contributed by atoms with Crippen molar-refractivity contribution in [1.29, 1.82) is 0 Å². The third-order valence-corrected chi connectivity index (χ3v) is 30.3. The Kier molecular flexibility index (Phi) is 16.8. The molecule has 0 saturated heterocycles. The van der Waals surface area contributed by atoms with Gasteiger partial charge in [0.15, 0.2) is 0 Å². The Morgan fingerprint density at radius 2 is 0.464 bits per heavy atom. The normalized spacial score (nSPS) is 25.8. The SMILES string of the molecule is O=C1c2cc(Oc3ccccc3)c3c4c(Oc5ccccc5)cc5c6c(cc(Oc7ccccc7)c(c7c(Oc8ccccc8)cc(c2c37)C(=O)N1c1c(CCC23CCC(CC2)CC3)cccc1CCC12CCC(CC1)CC2)c64)C(=O)N(c1c(CCC23CCC(CC2)CC3)cccc1CCC12CCC(CC1)CC2)C5=O. The van der Waals surface area contributed by atoms with Crippen LogP contribution in [0, 0.1) is 45.3 Å². The number of para-hydroxylation sites is 6. The highest BCUT2D eigenvalue weighted by Crippen LogP contribution is 2.62. The van der Waals surface area contributed by atoms with Crippen LogP contribution in [0.3, 0.4) is 0 Å². The van der Waals surface area contributed by atoms with Crippen LogP contribution in [0.5, 0.6) is 46.0 Å². The van der Waals surface area contributed by atoms with Crippen LogP contribution in [-0.2, 0) is 25.7 Å². The summed E-state index contributed by atoms with van der Waals surface area (Å²) in [5.74, 6) is 4.90. The second-order valence-electron chi connectivity index (χ2n) is 36.0. The van der Waals surface area contributed by atoms with E-state index >= 15 is 19.2 Å². The van der Waals surface area contributed by atoms with Gasteiger partial charge >= 0.3 is 0 Å². The van der Waals surface area contributed by atoms with Crippen molar-refractivity contribution in [3.63, 3.8) is 0 Å². The molecular weight excluding hydrogens is 1360 g/mol. The lowest BCUT2D eigenvalue weighted by Gasteiger charge is -2.47. The third kappa shape index (κ3) is 11.7. The first kappa shape index (κ1) is 68.2. The Hall–Kier alpha value is -9.80. The van der Waals surface area contributed by atoms with Gasteiger partial charge in [-0.1, -0.05) is 109 Å². The largest absolute Gasteiger partial charge is 0.457 e. The molecule has 2 aliphatic heterocycles. The summed E-state index contributed by atoms with van der Waals surface area (Å²) in [4.78, 5) is 71.7. The molecule has 4 amide bonds. The third-order valence-electron chi connectivity index (χ3n) is 30.3. The lowest BCUT2D eigenvalue weighted by molar-refractivity contribution is 0.0566. The summed E-state index contributed by atoms with van der Waals surface area (Å²) >= 11 is 0. The van der Waals surface area contributed by atoms with Crippen LogP contribution in [-0.4, -0.2) is 23.6 Å². The molecule has 556 valence electrons. The molecule has 0 unspecified atom stereocenters. The van der Waals surface area contributed by atoms with E-state index in [1.807, 2.05) is 146 Å². The number of hydrogen-bond acceptors (Lipinski definition) is 8. The van der Waals surface area contributed by atoms with E-state index in [1.54, 1.807) is 9.80 Å². The molecule has 14 aliphatic rings. The van der Waals surface area contributed by atoms with Crippen LogP contribution in [0.1, 0.15) is 243 Å². The maximum Gasteiger partial charge on any atom is 0.266 e. The Bertz CT molecular complexity index is 4770. The number of anilines is 2. The van der Waals surface area contributed by atoms with Crippen LogP contribution in [0.4, 0.5) is 11.4 Å². The minimum Gasteiger partial charge on any atom is -0.457 e. The van der Waals surface area contributed by atoms with Gasteiger partial charge in [0.2, 0.25) is 0 Å². The standard InChI is InChI=1S/C100H98N2O8/c103-93-75-59-79(107-71-19-5-1-6-20-71)85-86-80(108-72-21-7-2-8-22-72)60-77-84-78(96(106)102(95(77)105)92-69(41-57-99-49-33-65(34-50-99)35-51-99)17-14-18-70(92)42-58-100-52-36-66(37-53-100)38-54-100)62-82(110-74-25-11-4-12-26-74)88(90(84)86)87-81(109-73-23-9-3-10-24-73)61-76(83(75)89(85)87)94(104)101(93)91-67(39-55-97-43-27-63(28-44-97)29-45-97)15-13-16-68(91)40-56-98-46-30-64(31-47-98)32-48-98/h1-26,59-66H,27-58H2. The minimum absolute atomic E-state index is 0.241. The van der Waals surface area contributed by atoms with Gasteiger partial charge in [-0.2, -0.15) is 0 Å². The van der Waals surface area contributed by atoms with Crippen LogP contribution < -0.4 is 28.7 Å². The molecule has 0 radical (unpaired) electrons. The molecule has 0 atom stereocenters. The van der Waals surface area contributed by atoms with E-state index < -0.39 is 23.6 Å². The van der Waals surface area contributed by atoms with E-state index in [0.717, 1.165) is 97.3 Å². The Balaban J connectivity index is 0.819. The van der Waals surface area contributed by atoms with Crippen molar-refractivity contribution in [2.24, 2.45) is 45.3 Å². The quantitative estimate of drug-likeness (QED) is 0.0375. The number of carbonyl (C=O) groups excluding carboxylic acids is 4. The number of fused-ring (bicyclic) bond motifs is 14. The first-order chi connectivity index (χ1) is 53.9. The first-order valence-electron chi connectivity index (χ1n) is 42.2. The average Bonchev–Trinajstić information content (AvgIpc) is 0.669. The topological polar surface area (TPSA) is 112 Å². The van der Waals surface area contributed by atoms with Crippen molar-refractivity contribution in [3.05, 3.63) is 226 Å². The highest BCUT2D eigenvalue weighted by Gasteiger charge is 2.48. The zero-order valence-corrected chi connectivity index (χ0v) is 63.4. The van der Waals surface area contributed by atoms with E-state index in [-0.39, 0.29) is 21.7 Å². The summed E-state index contributed by atoms with van der Waals surface area (Å²) < 4.78 is 29.8. The number of ether oxygens (including phenoxy) is 4. The van der Waals surface area contributed by atoms with Gasteiger partial charge in [0.25, 0.3) is 23.6 Å². The summed E-state index contributed by atoms with van der Waals surface area (Å²) in [5, 5.41) is 3.95. The molecule has 12 fully saturated rings. The van der Waals surface area contributed by atoms with Crippen molar-refractivity contribution < 1.29 is 38.1 Å². The van der Waals surface area contributed by atoms with Crippen molar-refractivity contribution >= 4 is 78.1 Å². The minimum atomic E-state index is -0.430. The van der Waals surface area contributed by atoms with Crippen molar-refractivity contribution in [2.75, 3.05) is 9.80 Å². The summed E-state index contributed by atoms with van der Waals surface area (Å²) in [6, 6.07) is 59.2. The molecule has 12 aliphatic carbocycles. The average molecular weight is 1460 g/mol. The fraction of sp³-hybridized carbons (Fsp3) is 0.400. The summed E-state index contributed by atoms with van der Waals surface area (Å²) in [5.41, 5.74) is 7.74. The van der Waals surface area contributed by atoms with Crippen molar-refractivity contribution in [1.82, 2.24) is 0 Å². The summed E-state index contributed by atoms with van der Waals surface area (Å²) in [6.45, 7) is 0. The molecule has 25 rings (SSSR count). The number of rotatable bonds is 22. The van der Waals surface area contributed by atoms with E-state index in [4.69, 9.17) is 18.9 Å². The molecule has 2 heterocycles. The molecule has 110 heavy (non-hydrogen) atoms. The zero-order chi connectivity index (χ0) is 73.5. The van der Waals surface area contributed by atoms with Gasteiger partial charge < -0.3 is 18.9 Å². The monoisotopic (exact) mass is 1450 g/mol. The highest BCUT2D eigenvalue weighted by atomic mass is 16.5. The summed E-state index contributed by atoms with van der Waals surface area (Å²) in [6.07, 6.45) is 37.0. The molecule has 8 bridgehead atoms. The number of imide groups is 2. The first-order valence-corrected chi connectivity index (χ1v) is 42.2. The Labute approximate surface area is 645 Å². The van der Waals surface area contributed by atoms with Gasteiger partial charge in [-0.25, -0.2) is 9.80 Å². The molecule has 11 aromatic carbocycles. The fourth-order valence-corrected chi connectivity index (χ4v) is 23.8. The number of hydrogen-bond donors (Lipinski definition) is 0. The molecule has 0 aromatic heterocycles. The van der Waals surface area contributed by atoms with Crippen LogP contribution in [0.25, 0.3) is 43.1 Å². The van der Waals surface area contributed by atoms with Crippen molar-refractivity contribution in [2.45, 2.75) is 205 Å². The van der Waals surface area contributed by atoms with Gasteiger partial charge in [0, 0.05) is 43.1 Å². The second kappa shape index (κ2) is 27.0. The molecule has 10 nitrogen and oxygen atoms in total. The number of benzene rings is 11. The maximum absolute atomic E-state index is 17.1. The molecule has 0 spiro atoms. The van der Waals surface area contributed by atoms with Crippen LogP contribution in [0.2, 0.25) is 0 Å². The molecule has 0 N–H and O–H groups in total. The zero-order valence-electron chi connectivity index (χ0n) is 63.4. The van der Waals surface area contributed by atoms with Gasteiger partial charge in [0.1, 0.15) is 46.0 Å². The fourth-order valence-electron chi connectivity index (χ4n) is 23.8. The predicted octanol–water partition coefficient (Wildman–Crippen LogP) is 26.1. The Morgan fingerprint density at radius 3 is 0.673 bits per heavy atom. The maximum atomic E-state index is 17.1. The molecule has 11 aromatic rings. The number of carbonyl (C=O) groups is 4. The molecule has 10 heteroatoms. The van der Waals surface area contributed by atoms with Gasteiger partial charge in [-0.3, -0.25) is 19.2 Å². The predicted molar refractivity (Wildman–Crippen MR) is 437 cm³/mol. The van der Waals surface area contributed by atoms with Gasteiger partial charge in [0.05, 0.1) is 33.6 Å². The lowest BCUT2D eigenvalue weighted by atomic mass is 9.58. The van der Waals surface area contributed by atoms with E-state index in [0.29, 0.717) is 123 Å². The van der Waals surface area contributed by atoms with Crippen molar-refractivity contribution in [3.8, 4) is 46.0 Å². The lowest BCUT2D eigenvalue weighted by Crippen LogP contribution is -2.42. The second-order valence-corrected chi connectivity index (χ2v) is 36.0. The number of amides is 4. The van der Waals surface area contributed by atoms with E-state index in [2.05, 4.69) is 36.4 Å². The van der Waals surface area contributed by atoms with Crippen LogP contribution >= 0.6 is 0 Å². The molecule has 12 saturated carbocycles. The van der Waals surface area contributed by atoms with E-state index in [9.17, 15) is 0 Å². The van der Waals surface area contributed by atoms with Gasteiger partial charge in [-0.05, 0) is 346 Å². The number of nitrogens with zero attached hydrogens (tertiary/aromatic N) is 2. The van der Waals surface area contributed by atoms with Crippen LogP contribution in [0.15, 0.2) is 182 Å². The number of aryl methyl sites for hydroxylation is 4. The Morgan fingerprint density at radius 1 is 0.255 bits per heavy atom. The smallest absolute Gasteiger partial charge is 0.266 e. The molecular formula is C100H98N2O8. The van der Waals surface area contributed by atoms with Gasteiger partial charge in [-0.15, -0.1) is 0 Å². The van der Waals surface area contributed by atoms with E-state index in [1.165, 1.54) is 154 Å². The highest BCUT2D eigenvalue weighted by molar-refractivity contribution is 6.48.